The van der Waals surface area contributed by atoms with Gasteiger partial charge in [-0.1, -0.05) is 31.0 Å². The summed E-state index contributed by atoms with van der Waals surface area (Å²) in [6.07, 6.45) is 3.18. The van der Waals surface area contributed by atoms with Gasteiger partial charge in [0.15, 0.2) is 0 Å². The third-order valence-corrected chi connectivity index (χ3v) is 4.07. The van der Waals surface area contributed by atoms with Crippen LogP contribution in [0, 0.1) is 5.82 Å². The Kier molecular flexibility index (Phi) is 4.94. The Hall–Kier alpha value is -1.91. The maximum Gasteiger partial charge on any atom is 0.230 e. The zero-order valence-corrected chi connectivity index (χ0v) is 12.2. The largest absolute Gasteiger partial charge is 0.355 e. The van der Waals surface area contributed by atoms with Gasteiger partial charge in [-0.05, 0) is 18.9 Å². The monoisotopic (exact) mass is 292 g/mol. The van der Waals surface area contributed by atoms with Crippen molar-refractivity contribution < 1.29 is 14.0 Å². The van der Waals surface area contributed by atoms with Crippen molar-refractivity contribution in [3.05, 3.63) is 35.6 Å². The van der Waals surface area contributed by atoms with Crippen molar-refractivity contribution >= 4 is 11.8 Å². The van der Waals surface area contributed by atoms with E-state index in [1.54, 1.807) is 18.2 Å². The Morgan fingerprint density at radius 1 is 1.14 bits per heavy atom. The van der Waals surface area contributed by atoms with Crippen molar-refractivity contribution in [3.8, 4) is 0 Å². The summed E-state index contributed by atoms with van der Waals surface area (Å²) in [7, 11) is 0. The van der Waals surface area contributed by atoms with E-state index < -0.39 is 5.41 Å². The molecule has 1 aromatic carbocycles. The van der Waals surface area contributed by atoms with Crippen molar-refractivity contribution in [2.24, 2.45) is 0 Å². The van der Waals surface area contributed by atoms with E-state index in [2.05, 4.69) is 10.6 Å². The predicted molar refractivity (Wildman–Crippen MR) is 78.2 cm³/mol. The summed E-state index contributed by atoms with van der Waals surface area (Å²) in [5.74, 6) is -0.596. The summed E-state index contributed by atoms with van der Waals surface area (Å²) in [6, 6.07) is 6.51. The van der Waals surface area contributed by atoms with Crippen LogP contribution in [0.1, 0.15) is 38.2 Å². The molecular weight excluding hydrogens is 271 g/mol. The van der Waals surface area contributed by atoms with Gasteiger partial charge in [-0.3, -0.25) is 9.59 Å². The molecule has 2 rings (SSSR count). The van der Waals surface area contributed by atoms with Crippen molar-refractivity contribution in [2.75, 3.05) is 13.1 Å². The first-order valence-electron chi connectivity index (χ1n) is 7.34. The van der Waals surface area contributed by atoms with Crippen LogP contribution in [0.15, 0.2) is 24.3 Å². The van der Waals surface area contributed by atoms with Crippen molar-refractivity contribution in [1.29, 1.82) is 0 Å². The number of benzene rings is 1. The van der Waals surface area contributed by atoms with E-state index in [0.717, 1.165) is 12.8 Å². The molecule has 1 aliphatic carbocycles. The standard InChI is InChI=1S/C16H21FN2O2/c1-12(20)18-10-11-19-15(21)16(8-4-5-9-16)13-6-2-3-7-14(13)17/h2-3,6-7H,4-5,8-11H2,1H3,(H,18,20)(H,19,21). The summed E-state index contributed by atoms with van der Waals surface area (Å²) < 4.78 is 14.1. The molecule has 5 heteroatoms. The molecule has 0 saturated heterocycles. The molecule has 2 N–H and O–H groups in total. The van der Waals surface area contributed by atoms with Gasteiger partial charge in [0, 0.05) is 25.6 Å². The van der Waals surface area contributed by atoms with Gasteiger partial charge < -0.3 is 10.6 Å². The summed E-state index contributed by atoms with van der Waals surface area (Å²) in [5.41, 5.74) is -0.277. The second kappa shape index (κ2) is 6.70. The van der Waals surface area contributed by atoms with E-state index in [-0.39, 0.29) is 17.6 Å². The fourth-order valence-corrected chi connectivity index (χ4v) is 3.03. The van der Waals surface area contributed by atoms with Crippen molar-refractivity contribution in [1.82, 2.24) is 10.6 Å². The molecule has 0 atom stereocenters. The maximum absolute atomic E-state index is 14.1. The highest BCUT2D eigenvalue weighted by Gasteiger charge is 2.44. The van der Waals surface area contributed by atoms with E-state index in [9.17, 15) is 14.0 Å². The summed E-state index contributed by atoms with van der Waals surface area (Å²) in [4.78, 5) is 23.4. The molecule has 1 aliphatic rings. The predicted octanol–water partition coefficient (Wildman–Crippen LogP) is 1.89. The van der Waals surface area contributed by atoms with Gasteiger partial charge in [0.1, 0.15) is 5.82 Å². The van der Waals surface area contributed by atoms with E-state index in [1.165, 1.54) is 13.0 Å². The van der Waals surface area contributed by atoms with E-state index >= 15 is 0 Å². The molecule has 0 heterocycles. The normalized spacial score (nSPS) is 16.5. The Balaban J connectivity index is 2.10. The van der Waals surface area contributed by atoms with E-state index in [0.29, 0.717) is 31.5 Å². The summed E-state index contributed by atoms with van der Waals surface area (Å²) in [6.45, 7) is 2.17. The first kappa shape index (κ1) is 15.5. The van der Waals surface area contributed by atoms with Crippen molar-refractivity contribution in [3.63, 3.8) is 0 Å². The molecule has 0 radical (unpaired) electrons. The zero-order chi connectivity index (χ0) is 15.3. The average Bonchev–Trinajstić information content (AvgIpc) is 2.94. The number of carbonyl (C=O) groups is 2. The second-order valence-corrected chi connectivity index (χ2v) is 5.51. The molecular formula is C16H21FN2O2. The van der Waals surface area contributed by atoms with Crippen LogP contribution in [0.25, 0.3) is 0 Å². The minimum atomic E-state index is -0.762. The van der Waals surface area contributed by atoms with Crippen LogP contribution >= 0.6 is 0 Å². The molecule has 1 aromatic rings. The lowest BCUT2D eigenvalue weighted by atomic mass is 9.77. The van der Waals surface area contributed by atoms with Crippen LogP contribution < -0.4 is 10.6 Å². The number of carbonyl (C=O) groups excluding carboxylic acids is 2. The zero-order valence-electron chi connectivity index (χ0n) is 12.2. The minimum Gasteiger partial charge on any atom is -0.355 e. The van der Waals surface area contributed by atoms with Gasteiger partial charge in [0.05, 0.1) is 5.41 Å². The molecule has 0 unspecified atom stereocenters. The highest BCUT2D eigenvalue weighted by atomic mass is 19.1. The van der Waals surface area contributed by atoms with Crippen LogP contribution in [0.4, 0.5) is 4.39 Å². The minimum absolute atomic E-state index is 0.131. The molecule has 0 spiro atoms. The lowest BCUT2D eigenvalue weighted by molar-refractivity contribution is -0.127. The summed E-state index contributed by atoms with van der Waals surface area (Å²) in [5, 5.41) is 5.45. The smallest absolute Gasteiger partial charge is 0.230 e. The van der Waals surface area contributed by atoms with Crippen molar-refractivity contribution in [2.45, 2.75) is 38.0 Å². The molecule has 1 fully saturated rings. The van der Waals surface area contributed by atoms with Gasteiger partial charge in [-0.15, -0.1) is 0 Å². The lowest BCUT2D eigenvalue weighted by Gasteiger charge is -2.28. The number of nitrogens with one attached hydrogen (secondary N) is 2. The van der Waals surface area contributed by atoms with Crippen LogP contribution in [0.2, 0.25) is 0 Å². The fourth-order valence-electron chi connectivity index (χ4n) is 3.03. The average molecular weight is 292 g/mol. The summed E-state index contributed by atoms with van der Waals surface area (Å²) >= 11 is 0. The van der Waals surface area contributed by atoms with Gasteiger partial charge >= 0.3 is 0 Å². The van der Waals surface area contributed by atoms with Gasteiger partial charge in [0.25, 0.3) is 0 Å². The highest BCUT2D eigenvalue weighted by molar-refractivity contribution is 5.88. The maximum atomic E-state index is 14.1. The van der Waals surface area contributed by atoms with Crippen LogP contribution in [-0.4, -0.2) is 24.9 Å². The molecule has 21 heavy (non-hydrogen) atoms. The van der Waals surface area contributed by atoms with E-state index in [4.69, 9.17) is 0 Å². The topological polar surface area (TPSA) is 58.2 Å². The molecule has 2 amide bonds. The Morgan fingerprint density at radius 2 is 1.76 bits per heavy atom. The SMILES string of the molecule is CC(=O)NCCNC(=O)C1(c2ccccc2F)CCCC1. The third-order valence-electron chi connectivity index (χ3n) is 4.07. The van der Waals surface area contributed by atoms with Crippen LogP contribution in [0.5, 0.6) is 0 Å². The Labute approximate surface area is 124 Å². The molecule has 4 nitrogen and oxygen atoms in total. The first-order valence-corrected chi connectivity index (χ1v) is 7.34. The van der Waals surface area contributed by atoms with E-state index in [1.807, 2.05) is 0 Å². The molecule has 114 valence electrons. The highest BCUT2D eigenvalue weighted by Crippen LogP contribution is 2.42. The number of rotatable bonds is 5. The molecule has 0 bridgehead atoms. The number of hydrogen-bond acceptors (Lipinski definition) is 2. The van der Waals surface area contributed by atoms with Gasteiger partial charge in [-0.25, -0.2) is 4.39 Å². The number of hydrogen-bond donors (Lipinski definition) is 2. The Morgan fingerprint density at radius 3 is 2.38 bits per heavy atom. The molecule has 1 saturated carbocycles. The number of amides is 2. The molecule has 0 aromatic heterocycles. The fraction of sp³-hybridized carbons (Fsp3) is 0.500. The molecule has 0 aliphatic heterocycles. The van der Waals surface area contributed by atoms with Crippen LogP contribution in [0.3, 0.4) is 0 Å². The first-order chi connectivity index (χ1) is 10.1. The second-order valence-electron chi connectivity index (χ2n) is 5.51. The lowest BCUT2D eigenvalue weighted by Crippen LogP contribution is -2.45. The van der Waals surface area contributed by atoms with Gasteiger partial charge in [-0.2, -0.15) is 0 Å². The number of halogens is 1. The Bertz CT molecular complexity index is 525. The third kappa shape index (κ3) is 3.40. The van der Waals surface area contributed by atoms with Crippen LogP contribution in [-0.2, 0) is 15.0 Å². The quantitative estimate of drug-likeness (QED) is 0.814. The van der Waals surface area contributed by atoms with Gasteiger partial charge in [0.2, 0.25) is 11.8 Å².